The van der Waals surface area contributed by atoms with E-state index in [1.165, 1.54) is 10.8 Å². The van der Waals surface area contributed by atoms with Crippen molar-refractivity contribution in [3.63, 3.8) is 0 Å². The normalized spacial score (nSPS) is 14.4. The molecule has 2 heterocycles. The molecule has 1 atom stereocenters. The fourth-order valence-corrected chi connectivity index (χ4v) is 3.65. The molecule has 30 heavy (non-hydrogen) atoms. The first-order valence-corrected chi connectivity index (χ1v) is 10.2. The van der Waals surface area contributed by atoms with Crippen LogP contribution in [-0.4, -0.2) is 28.7 Å². The maximum Gasteiger partial charge on any atom is 0.269 e. The van der Waals surface area contributed by atoms with Crippen molar-refractivity contribution < 1.29 is 14.3 Å². The average Bonchev–Trinajstić information content (AvgIpc) is 2.99. The van der Waals surface area contributed by atoms with E-state index in [-0.39, 0.29) is 30.0 Å². The molecule has 1 aliphatic heterocycles. The molecule has 1 aliphatic rings. The number of amides is 1. The molecule has 3 aromatic rings. The van der Waals surface area contributed by atoms with Crippen LogP contribution in [0.2, 0.25) is 0 Å². The van der Waals surface area contributed by atoms with Gasteiger partial charge in [0.05, 0.1) is 36.5 Å². The second-order valence-electron chi connectivity index (χ2n) is 7.72. The van der Waals surface area contributed by atoms with Gasteiger partial charge in [0.2, 0.25) is 5.91 Å². The highest BCUT2D eigenvalue weighted by Crippen LogP contribution is 2.34. The summed E-state index contributed by atoms with van der Waals surface area (Å²) in [5.41, 5.74) is 1.94. The van der Waals surface area contributed by atoms with Gasteiger partial charge >= 0.3 is 0 Å². The molecular weight excluding hydrogens is 382 g/mol. The van der Waals surface area contributed by atoms with Crippen LogP contribution >= 0.6 is 0 Å². The van der Waals surface area contributed by atoms with Crippen LogP contribution in [0, 0.1) is 5.92 Å². The van der Waals surface area contributed by atoms with Gasteiger partial charge in [-0.2, -0.15) is 0 Å². The van der Waals surface area contributed by atoms with Crippen molar-refractivity contribution in [2.24, 2.45) is 5.92 Å². The summed E-state index contributed by atoms with van der Waals surface area (Å²) in [6, 6.07) is 12.8. The van der Waals surface area contributed by atoms with E-state index in [0.717, 1.165) is 17.7 Å². The molecule has 1 aromatic heterocycles. The molecule has 7 heteroatoms. The lowest BCUT2D eigenvalue weighted by molar-refractivity contribution is -0.122. The van der Waals surface area contributed by atoms with Crippen LogP contribution < -0.4 is 20.3 Å². The molecule has 0 aliphatic carbocycles. The first-order chi connectivity index (χ1) is 14.5. The number of hydrogen-bond donors (Lipinski definition) is 1. The van der Waals surface area contributed by atoms with Gasteiger partial charge in [0.1, 0.15) is 6.54 Å². The van der Waals surface area contributed by atoms with Crippen molar-refractivity contribution in [2.75, 3.05) is 13.2 Å². The molecule has 156 valence electrons. The Bertz CT molecular complexity index is 1120. The molecule has 7 nitrogen and oxygen atoms in total. The van der Waals surface area contributed by atoms with Crippen LogP contribution in [0.5, 0.6) is 11.5 Å². The molecule has 0 unspecified atom stereocenters. The number of carbonyl (C=O) groups is 1. The fourth-order valence-electron chi connectivity index (χ4n) is 3.65. The van der Waals surface area contributed by atoms with Crippen molar-refractivity contribution >= 4 is 16.9 Å². The minimum atomic E-state index is -0.305. The van der Waals surface area contributed by atoms with Gasteiger partial charge in [-0.25, -0.2) is 4.98 Å². The van der Waals surface area contributed by atoms with Crippen LogP contribution in [0.3, 0.4) is 0 Å². The summed E-state index contributed by atoms with van der Waals surface area (Å²) in [4.78, 5) is 29.4. The van der Waals surface area contributed by atoms with Crippen molar-refractivity contribution in [3.8, 4) is 11.5 Å². The van der Waals surface area contributed by atoms with E-state index in [4.69, 9.17) is 9.47 Å². The highest BCUT2D eigenvalue weighted by Gasteiger charge is 2.22. The van der Waals surface area contributed by atoms with Gasteiger partial charge < -0.3 is 14.8 Å². The zero-order valence-corrected chi connectivity index (χ0v) is 17.1. The van der Waals surface area contributed by atoms with Crippen LogP contribution in [0.4, 0.5) is 0 Å². The molecule has 0 saturated heterocycles. The smallest absolute Gasteiger partial charge is 0.269 e. The predicted octanol–water partition coefficient (Wildman–Crippen LogP) is 3.07. The van der Waals surface area contributed by atoms with Gasteiger partial charge in [0.15, 0.2) is 11.5 Å². The zero-order chi connectivity index (χ0) is 21.1. The number of para-hydroxylation sites is 2. The molecule has 0 bridgehead atoms. The molecule has 0 radical (unpaired) electrons. The number of ether oxygens (including phenoxy) is 2. The van der Waals surface area contributed by atoms with Crippen LogP contribution in [0.25, 0.3) is 11.0 Å². The Morgan fingerprint density at radius 2 is 1.90 bits per heavy atom. The molecule has 1 N–H and O–H groups in total. The molecule has 2 aromatic carbocycles. The summed E-state index contributed by atoms with van der Waals surface area (Å²) in [6.07, 6.45) is 2.09. The average molecular weight is 407 g/mol. The second-order valence-corrected chi connectivity index (χ2v) is 7.72. The Kier molecular flexibility index (Phi) is 5.70. The highest BCUT2D eigenvalue weighted by molar-refractivity contribution is 5.80. The minimum Gasteiger partial charge on any atom is -0.490 e. The summed E-state index contributed by atoms with van der Waals surface area (Å²) in [6.45, 7) is 5.25. The molecule has 0 saturated carbocycles. The number of nitrogens with one attached hydrogen (secondary N) is 1. The van der Waals surface area contributed by atoms with Crippen molar-refractivity contribution in [1.82, 2.24) is 14.9 Å². The number of carbonyl (C=O) groups excluding carboxylic acids is 1. The summed E-state index contributed by atoms with van der Waals surface area (Å²) in [5.74, 6) is 1.32. The van der Waals surface area contributed by atoms with Crippen LogP contribution in [0.15, 0.2) is 53.5 Å². The summed E-state index contributed by atoms with van der Waals surface area (Å²) in [5, 5.41) is 3.08. The molecule has 0 spiro atoms. The Morgan fingerprint density at radius 1 is 1.13 bits per heavy atom. The van der Waals surface area contributed by atoms with E-state index in [1.807, 2.05) is 50.2 Å². The zero-order valence-electron chi connectivity index (χ0n) is 17.1. The topological polar surface area (TPSA) is 82.5 Å². The first-order valence-electron chi connectivity index (χ1n) is 10.2. The minimum absolute atomic E-state index is 0.0738. The molecule has 1 amide bonds. The van der Waals surface area contributed by atoms with E-state index >= 15 is 0 Å². The number of aromatic nitrogens is 2. The maximum absolute atomic E-state index is 12.9. The largest absolute Gasteiger partial charge is 0.490 e. The first kappa shape index (κ1) is 19.9. The van der Waals surface area contributed by atoms with Crippen LogP contribution in [0.1, 0.15) is 31.9 Å². The number of fused-ring (bicyclic) bond motifs is 2. The third-order valence-electron chi connectivity index (χ3n) is 5.17. The summed E-state index contributed by atoms with van der Waals surface area (Å²) in [7, 11) is 0. The number of hydrogen-bond acceptors (Lipinski definition) is 5. The Balaban J connectivity index is 1.57. The van der Waals surface area contributed by atoms with E-state index in [1.54, 1.807) is 6.07 Å². The Morgan fingerprint density at radius 3 is 2.70 bits per heavy atom. The van der Waals surface area contributed by atoms with Gasteiger partial charge in [-0.3, -0.25) is 14.2 Å². The number of benzene rings is 2. The fraction of sp³-hybridized carbons (Fsp3) is 0.348. The predicted molar refractivity (Wildman–Crippen MR) is 114 cm³/mol. The molecule has 4 rings (SSSR count). The van der Waals surface area contributed by atoms with Gasteiger partial charge in [0.25, 0.3) is 5.56 Å². The summed E-state index contributed by atoms with van der Waals surface area (Å²) >= 11 is 0. The third-order valence-corrected chi connectivity index (χ3v) is 5.17. The van der Waals surface area contributed by atoms with E-state index in [0.29, 0.717) is 30.0 Å². The van der Waals surface area contributed by atoms with Crippen molar-refractivity contribution in [3.05, 3.63) is 64.6 Å². The van der Waals surface area contributed by atoms with Gasteiger partial charge in [-0.15, -0.1) is 0 Å². The SMILES string of the molecule is CC(C)[C@@H](NC(=O)Cn1c(=O)cnc2ccccc21)c1ccc2c(c1)OCCCO2. The van der Waals surface area contributed by atoms with E-state index < -0.39 is 0 Å². The third kappa shape index (κ3) is 4.15. The molecular formula is C23H25N3O4. The lowest BCUT2D eigenvalue weighted by Crippen LogP contribution is -2.36. The lowest BCUT2D eigenvalue weighted by atomic mass is 9.95. The van der Waals surface area contributed by atoms with Crippen molar-refractivity contribution in [2.45, 2.75) is 32.9 Å². The number of rotatable bonds is 5. The van der Waals surface area contributed by atoms with Gasteiger partial charge in [-0.1, -0.05) is 32.0 Å². The highest BCUT2D eigenvalue weighted by atomic mass is 16.5. The Hall–Kier alpha value is -3.35. The van der Waals surface area contributed by atoms with Crippen LogP contribution in [-0.2, 0) is 11.3 Å². The van der Waals surface area contributed by atoms with E-state index in [9.17, 15) is 9.59 Å². The maximum atomic E-state index is 12.9. The lowest BCUT2D eigenvalue weighted by Gasteiger charge is -2.24. The monoisotopic (exact) mass is 407 g/mol. The molecule has 0 fully saturated rings. The standard InChI is InChI=1S/C23H25N3O4/c1-15(2)23(16-8-9-19-20(12-16)30-11-5-10-29-19)25-21(27)14-26-18-7-4-3-6-17(18)24-13-22(26)28/h3-4,6-9,12-13,15,23H,5,10-11,14H2,1-2H3,(H,25,27)/t23-/m1/s1. The van der Waals surface area contributed by atoms with Gasteiger partial charge in [-0.05, 0) is 35.7 Å². The summed E-state index contributed by atoms with van der Waals surface area (Å²) < 4.78 is 12.9. The Labute approximate surface area is 174 Å². The van der Waals surface area contributed by atoms with Crippen molar-refractivity contribution in [1.29, 1.82) is 0 Å². The van der Waals surface area contributed by atoms with Gasteiger partial charge in [0, 0.05) is 6.42 Å². The quantitative estimate of drug-likeness (QED) is 0.703. The second kappa shape index (κ2) is 8.57. The number of nitrogens with zero attached hydrogens (tertiary/aromatic N) is 2. The van der Waals surface area contributed by atoms with E-state index in [2.05, 4.69) is 10.3 Å².